The van der Waals surface area contributed by atoms with Crippen molar-refractivity contribution < 1.29 is 26.3 Å². The Labute approximate surface area is 166 Å². The summed E-state index contributed by atoms with van der Waals surface area (Å²) in [5.41, 5.74) is -3.76. The highest BCUT2D eigenvalue weighted by Gasteiger charge is 2.36. The van der Waals surface area contributed by atoms with Crippen LogP contribution in [0.3, 0.4) is 0 Å². The fraction of sp³-hybridized carbons (Fsp3) is 0.143. The average molecular weight is 422 g/mol. The highest BCUT2D eigenvalue weighted by Crippen LogP contribution is 2.37. The largest absolute Gasteiger partial charge is 0.407 e. The first-order valence-corrected chi connectivity index (χ1v) is 8.46. The molecule has 0 aliphatic rings. The topological polar surface area (TPSA) is 26.4 Å². The maximum absolute atomic E-state index is 14.1. The third-order valence-corrected chi connectivity index (χ3v) is 4.42. The van der Waals surface area contributed by atoms with E-state index in [9.17, 15) is 31.1 Å². The van der Waals surface area contributed by atoms with Gasteiger partial charge in [-0.15, -0.1) is 0 Å². The molecule has 1 aromatic heterocycles. The fourth-order valence-corrected chi connectivity index (χ4v) is 3.02. The van der Waals surface area contributed by atoms with Gasteiger partial charge in [-0.05, 0) is 30.7 Å². The first-order chi connectivity index (χ1) is 14.0. The lowest BCUT2D eigenvalue weighted by Crippen LogP contribution is -2.25. The summed E-state index contributed by atoms with van der Waals surface area (Å²) in [6, 6.07) is 7.60. The molecule has 30 heavy (non-hydrogen) atoms. The molecular weight excluding hydrogens is 410 g/mol. The van der Waals surface area contributed by atoms with Gasteiger partial charge in [0.1, 0.15) is 5.82 Å². The van der Waals surface area contributed by atoms with E-state index in [1.54, 1.807) is 19.1 Å². The Balaban J connectivity index is 2.35. The van der Waals surface area contributed by atoms with Gasteiger partial charge in [0.2, 0.25) is 0 Å². The van der Waals surface area contributed by atoms with Crippen molar-refractivity contribution in [1.29, 1.82) is 0 Å². The van der Waals surface area contributed by atoms with Crippen LogP contribution in [0.25, 0.3) is 16.1 Å². The molecule has 2 aromatic carbocycles. The van der Waals surface area contributed by atoms with Crippen LogP contribution >= 0.6 is 0 Å². The van der Waals surface area contributed by atoms with E-state index in [1.807, 2.05) is 0 Å². The summed E-state index contributed by atoms with van der Waals surface area (Å²) >= 11 is 0. The summed E-state index contributed by atoms with van der Waals surface area (Å²) in [4.78, 5) is 15.5. The highest BCUT2D eigenvalue weighted by molar-refractivity contribution is 5.66. The maximum atomic E-state index is 14.1. The van der Waals surface area contributed by atoms with Gasteiger partial charge in [-0.1, -0.05) is 23.8 Å². The number of nitrogens with zero attached hydrogens (tertiary/aromatic N) is 2. The molecule has 0 aliphatic carbocycles. The summed E-state index contributed by atoms with van der Waals surface area (Å²) in [7, 11) is 0. The number of hydrogen-bond acceptors (Lipinski definition) is 1. The number of aryl methyl sites for hydroxylation is 1. The SMILES string of the molecule is [C-]#[N+]c1c(C(F)(F)F)cc(-c2cccc(C)c2)n(Cc2cc(F)c(F)cc2F)c1=O. The van der Waals surface area contributed by atoms with Crippen LogP contribution in [0.1, 0.15) is 16.7 Å². The molecule has 0 aliphatic heterocycles. The second-order valence-electron chi connectivity index (χ2n) is 6.52. The minimum atomic E-state index is -4.98. The second-order valence-corrected chi connectivity index (χ2v) is 6.52. The van der Waals surface area contributed by atoms with Crippen molar-refractivity contribution in [2.45, 2.75) is 19.6 Å². The summed E-state index contributed by atoms with van der Waals surface area (Å²) in [5.74, 6) is -4.01. The zero-order valence-corrected chi connectivity index (χ0v) is 15.3. The van der Waals surface area contributed by atoms with E-state index < -0.39 is 52.5 Å². The van der Waals surface area contributed by atoms with Crippen LogP contribution in [-0.4, -0.2) is 4.57 Å². The lowest BCUT2D eigenvalue weighted by Gasteiger charge is -2.18. The molecule has 0 bridgehead atoms. The van der Waals surface area contributed by atoms with E-state index in [2.05, 4.69) is 4.85 Å². The molecule has 3 aromatic rings. The van der Waals surface area contributed by atoms with Crippen LogP contribution in [0.5, 0.6) is 0 Å². The smallest absolute Gasteiger partial charge is 0.313 e. The number of benzene rings is 2. The van der Waals surface area contributed by atoms with Gasteiger partial charge < -0.3 is 4.57 Å². The molecule has 0 spiro atoms. The first kappa shape index (κ1) is 21.2. The predicted octanol–water partition coefficient (Wildman–Crippen LogP) is 5.86. The molecule has 0 atom stereocenters. The number of hydrogen-bond donors (Lipinski definition) is 0. The fourth-order valence-electron chi connectivity index (χ4n) is 3.02. The zero-order chi connectivity index (χ0) is 22.2. The molecule has 0 amide bonds. The monoisotopic (exact) mass is 422 g/mol. The third-order valence-electron chi connectivity index (χ3n) is 4.42. The number of halogens is 6. The molecule has 0 radical (unpaired) electrons. The van der Waals surface area contributed by atoms with E-state index in [-0.39, 0.29) is 17.3 Å². The van der Waals surface area contributed by atoms with Crippen molar-refractivity contribution in [2.24, 2.45) is 0 Å². The van der Waals surface area contributed by atoms with E-state index in [0.717, 1.165) is 4.57 Å². The van der Waals surface area contributed by atoms with Gasteiger partial charge >= 0.3 is 6.18 Å². The highest BCUT2D eigenvalue weighted by atomic mass is 19.4. The summed E-state index contributed by atoms with van der Waals surface area (Å²) < 4.78 is 82.1. The number of aromatic nitrogens is 1. The second kappa shape index (κ2) is 7.71. The van der Waals surface area contributed by atoms with Crippen molar-refractivity contribution in [3.05, 3.63) is 98.4 Å². The Morgan fingerprint density at radius 2 is 1.67 bits per heavy atom. The summed E-state index contributed by atoms with van der Waals surface area (Å²) in [5, 5.41) is 0. The van der Waals surface area contributed by atoms with Crippen LogP contribution in [0, 0.1) is 30.9 Å². The zero-order valence-electron chi connectivity index (χ0n) is 15.3. The van der Waals surface area contributed by atoms with Gasteiger partial charge in [0.15, 0.2) is 11.6 Å². The van der Waals surface area contributed by atoms with Crippen LogP contribution in [-0.2, 0) is 12.7 Å². The lowest BCUT2D eigenvalue weighted by atomic mass is 10.0. The summed E-state index contributed by atoms with van der Waals surface area (Å²) in [6.07, 6.45) is -4.98. The Morgan fingerprint density at radius 3 is 2.27 bits per heavy atom. The van der Waals surface area contributed by atoms with Crippen molar-refractivity contribution in [2.75, 3.05) is 0 Å². The van der Waals surface area contributed by atoms with Crippen molar-refractivity contribution in [3.63, 3.8) is 0 Å². The minimum Gasteiger partial charge on any atom is -0.313 e. The molecule has 9 heteroatoms. The Morgan fingerprint density at radius 1 is 1.00 bits per heavy atom. The van der Waals surface area contributed by atoms with Gasteiger partial charge in [-0.3, -0.25) is 4.79 Å². The van der Waals surface area contributed by atoms with Crippen LogP contribution in [0.4, 0.5) is 32.0 Å². The molecule has 1 heterocycles. The van der Waals surface area contributed by atoms with Crippen LogP contribution < -0.4 is 5.56 Å². The van der Waals surface area contributed by atoms with Crippen LogP contribution in [0.15, 0.2) is 47.3 Å². The lowest BCUT2D eigenvalue weighted by molar-refractivity contribution is -0.136. The Bertz CT molecular complexity index is 1240. The number of alkyl halides is 3. The first-order valence-electron chi connectivity index (χ1n) is 8.46. The van der Waals surface area contributed by atoms with E-state index in [4.69, 9.17) is 6.57 Å². The van der Waals surface area contributed by atoms with Crippen molar-refractivity contribution in [1.82, 2.24) is 4.57 Å². The van der Waals surface area contributed by atoms with Gasteiger partial charge in [0.25, 0.3) is 11.2 Å². The molecule has 3 rings (SSSR count). The third kappa shape index (κ3) is 3.94. The molecule has 0 fully saturated rings. The number of rotatable bonds is 3. The summed E-state index contributed by atoms with van der Waals surface area (Å²) in [6.45, 7) is 8.00. The normalized spacial score (nSPS) is 11.4. The van der Waals surface area contributed by atoms with Gasteiger partial charge in [0.05, 0.1) is 18.7 Å². The van der Waals surface area contributed by atoms with E-state index in [0.29, 0.717) is 17.7 Å². The molecule has 154 valence electrons. The molecular formula is C21H12F6N2O. The minimum absolute atomic E-state index is 0.206. The predicted molar refractivity (Wildman–Crippen MR) is 97.6 cm³/mol. The van der Waals surface area contributed by atoms with Crippen molar-refractivity contribution >= 4 is 5.69 Å². The van der Waals surface area contributed by atoms with Gasteiger partial charge in [-0.25, -0.2) is 18.0 Å². The number of pyridine rings is 1. The Kier molecular flexibility index (Phi) is 5.44. The molecule has 0 unspecified atom stereocenters. The van der Waals surface area contributed by atoms with Crippen molar-refractivity contribution in [3.8, 4) is 11.3 Å². The quantitative estimate of drug-likeness (QED) is 0.295. The van der Waals surface area contributed by atoms with Gasteiger partial charge in [0, 0.05) is 17.3 Å². The molecule has 0 saturated heterocycles. The van der Waals surface area contributed by atoms with Gasteiger partial charge in [-0.2, -0.15) is 13.2 Å². The van der Waals surface area contributed by atoms with Crippen LogP contribution in [0.2, 0.25) is 0 Å². The molecule has 3 nitrogen and oxygen atoms in total. The molecule has 0 saturated carbocycles. The average Bonchev–Trinajstić information content (AvgIpc) is 2.66. The molecule has 0 N–H and O–H groups in total. The standard InChI is InChI=1S/C21H12F6N2O/c1-11-4-3-5-12(6-11)18-8-14(21(25,26)27)19(28-2)20(30)29(18)10-13-7-16(23)17(24)9-15(13)22/h3-9H,10H2,1H3. The Hall–Kier alpha value is -3.54. The van der Waals surface area contributed by atoms with E-state index >= 15 is 0 Å². The maximum Gasteiger partial charge on any atom is 0.407 e. The van der Waals surface area contributed by atoms with E-state index in [1.165, 1.54) is 12.1 Å².